The topological polar surface area (TPSA) is 123 Å². The number of amides is 3. The molecule has 1 aromatic heterocycles. The van der Waals surface area contributed by atoms with Crippen molar-refractivity contribution in [3.63, 3.8) is 0 Å². The first-order valence-electron chi connectivity index (χ1n) is 13.0. The number of hydrogen-bond acceptors (Lipinski definition) is 7. The number of phenolic OH excluding ortho intramolecular Hbond substituents is 1. The minimum absolute atomic E-state index is 0.0171. The van der Waals surface area contributed by atoms with Gasteiger partial charge in [0.05, 0.1) is 22.2 Å². The van der Waals surface area contributed by atoms with Gasteiger partial charge in [-0.15, -0.1) is 11.3 Å². The first kappa shape index (κ1) is 26.8. The SMILES string of the molecule is Cc1ncsc1-c1ccc(CNC(=O)[C@@H]2C[C@@H](O)CN2C(=O)C(C(C)C)N2Cc3ccccc3C2=O)c(O)c1. The molecule has 3 atom stereocenters. The van der Waals surface area contributed by atoms with Gasteiger partial charge in [0.25, 0.3) is 5.91 Å². The summed E-state index contributed by atoms with van der Waals surface area (Å²) in [6.07, 6.45) is -0.745. The van der Waals surface area contributed by atoms with Crippen LogP contribution in [0.5, 0.6) is 5.75 Å². The first-order chi connectivity index (χ1) is 18.7. The molecule has 0 bridgehead atoms. The number of nitrogens with zero attached hydrogens (tertiary/aromatic N) is 3. The van der Waals surface area contributed by atoms with E-state index in [2.05, 4.69) is 10.3 Å². The van der Waals surface area contributed by atoms with Crippen LogP contribution >= 0.6 is 11.3 Å². The van der Waals surface area contributed by atoms with E-state index in [-0.39, 0.29) is 43.0 Å². The zero-order valence-corrected chi connectivity index (χ0v) is 22.9. The van der Waals surface area contributed by atoms with Crippen LogP contribution in [0.3, 0.4) is 0 Å². The van der Waals surface area contributed by atoms with Crippen molar-refractivity contribution in [3.05, 3.63) is 70.4 Å². The van der Waals surface area contributed by atoms with E-state index in [1.165, 1.54) is 16.2 Å². The molecule has 9 nitrogen and oxygen atoms in total. The Hall–Kier alpha value is -3.76. The number of rotatable bonds is 7. The Kier molecular flexibility index (Phi) is 7.42. The minimum atomic E-state index is -0.880. The number of thiazole rings is 1. The maximum atomic E-state index is 13.8. The number of aryl methyl sites for hydroxylation is 1. The molecular weight excluding hydrogens is 516 g/mol. The van der Waals surface area contributed by atoms with Crippen LogP contribution < -0.4 is 5.32 Å². The third-order valence-electron chi connectivity index (χ3n) is 7.48. The Morgan fingerprint density at radius 3 is 2.64 bits per heavy atom. The monoisotopic (exact) mass is 548 g/mol. The van der Waals surface area contributed by atoms with Crippen molar-refractivity contribution in [3.8, 4) is 16.2 Å². The molecule has 2 aromatic carbocycles. The molecule has 1 fully saturated rings. The van der Waals surface area contributed by atoms with Gasteiger partial charge in [0.2, 0.25) is 11.8 Å². The molecule has 3 heterocycles. The second-order valence-corrected chi connectivity index (χ2v) is 11.4. The lowest BCUT2D eigenvalue weighted by molar-refractivity contribution is -0.143. The smallest absolute Gasteiger partial charge is 0.255 e. The molecule has 5 rings (SSSR count). The summed E-state index contributed by atoms with van der Waals surface area (Å²) >= 11 is 1.49. The number of nitrogens with one attached hydrogen (secondary N) is 1. The normalized spacial score (nSPS) is 19.5. The summed E-state index contributed by atoms with van der Waals surface area (Å²) in [6.45, 7) is 6.06. The van der Waals surface area contributed by atoms with Gasteiger partial charge >= 0.3 is 0 Å². The molecule has 1 unspecified atom stereocenters. The molecule has 1 saturated heterocycles. The van der Waals surface area contributed by atoms with Gasteiger partial charge in [-0.2, -0.15) is 0 Å². The van der Waals surface area contributed by atoms with Crippen LogP contribution in [0.2, 0.25) is 0 Å². The predicted octanol–water partition coefficient (Wildman–Crippen LogP) is 3.08. The lowest BCUT2D eigenvalue weighted by atomic mass is 10.0. The van der Waals surface area contributed by atoms with Crippen LogP contribution in [0.25, 0.3) is 10.4 Å². The number of aromatic nitrogens is 1. The van der Waals surface area contributed by atoms with Crippen LogP contribution in [-0.4, -0.2) is 67.5 Å². The fourth-order valence-corrected chi connectivity index (χ4v) is 6.29. The van der Waals surface area contributed by atoms with Gasteiger partial charge in [0, 0.05) is 37.2 Å². The van der Waals surface area contributed by atoms with E-state index < -0.39 is 24.1 Å². The van der Waals surface area contributed by atoms with E-state index in [0.717, 1.165) is 21.7 Å². The quantitative estimate of drug-likeness (QED) is 0.417. The lowest BCUT2D eigenvalue weighted by Gasteiger charge is -2.35. The molecule has 3 aromatic rings. The van der Waals surface area contributed by atoms with Crippen LogP contribution in [-0.2, 0) is 22.7 Å². The fraction of sp³-hybridized carbons (Fsp3) is 0.379. The maximum Gasteiger partial charge on any atom is 0.255 e. The largest absolute Gasteiger partial charge is 0.508 e. The second-order valence-electron chi connectivity index (χ2n) is 10.5. The molecule has 0 radical (unpaired) electrons. The highest BCUT2D eigenvalue weighted by molar-refractivity contribution is 7.13. The fourth-order valence-electron chi connectivity index (χ4n) is 5.49. The maximum absolute atomic E-state index is 13.8. The number of aromatic hydroxyl groups is 1. The number of β-amino-alcohol motifs (C(OH)–C–C–N with tert-alkyl or cyclic N) is 1. The average Bonchev–Trinajstić information content (AvgIpc) is 3.60. The predicted molar refractivity (Wildman–Crippen MR) is 147 cm³/mol. The van der Waals surface area contributed by atoms with Crippen LogP contribution in [0.4, 0.5) is 0 Å². The molecule has 204 valence electrons. The number of aliphatic hydroxyl groups excluding tert-OH is 1. The third-order valence-corrected chi connectivity index (χ3v) is 8.46. The van der Waals surface area contributed by atoms with Gasteiger partial charge in [0.15, 0.2) is 0 Å². The highest BCUT2D eigenvalue weighted by Crippen LogP contribution is 2.32. The van der Waals surface area contributed by atoms with E-state index in [4.69, 9.17) is 0 Å². The first-order valence-corrected chi connectivity index (χ1v) is 13.9. The van der Waals surface area contributed by atoms with E-state index >= 15 is 0 Å². The number of aliphatic hydroxyl groups is 1. The van der Waals surface area contributed by atoms with Gasteiger partial charge < -0.3 is 25.3 Å². The van der Waals surface area contributed by atoms with Crippen molar-refractivity contribution in [2.75, 3.05) is 6.54 Å². The highest BCUT2D eigenvalue weighted by Gasteiger charge is 2.45. The van der Waals surface area contributed by atoms with E-state index in [1.54, 1.807) is 34.7 Å². The molecule has 3 amide bonds. The molecule has 0 aliphatic carbocycles. The van der Waals surface area contributed by atoms with Gasteiger partial charge in [0.1, 0.15) is 17.8 Å². The molecular formula is C29H32N4O5S. The van der Waals surface area contributed by atoms with Crippen molar-refractivity contribution in [2.45, 2.75) is 58.5 Å². The zero-order valence-electron chi connectivity index (χ0n) is 22.1. The van der Waals surface area contributed by atoms with E-state index in [0.29, 0.717) is 17.7 Å². The van der Waals surface area contributed by atoms with Crippen molar-refractivity contribution < 1.29 is 24.6 Å². The molecule has 0 spiro atoms. The number of phenols is 1. The third kappa shape index (κ3) is 5.14. The Bertz CT molecular complexity index is 1420. The number of likely N-dealkylation sites (tertiary alicyclic amines) is 1. The van der Waals surface area contributed by atoms with Crippen molar-refractivity contribution in [1.82, 2.24) is 20.1 Å². The molecule has 3 N–H and O–H groups in total. The summed E-state index contributed by atoms with van der Waals surface area (Å²) in [5.74, 6) is -1.12. The Labute approximate surface area is 231 Å². The Morgan fingerprint density at radius 1 is 1.21 bits per heavy atom. The van der Waals surface area contributed by atoms with Gasteiger partial charge in [-0.25, -0.2) is 4.98 Å². The van der Waals surface area contributed by atoms with Gasteiger partial charge in [-0.3, -0.25) is 14.4 Å². The summed E-state index contributed by atoms with van der Waals surface area (Å²) in [5.41, 5.74) is 5.46. The summed E-state index contributed by atoms with van der Waals surface area (Å²) < 4.78 is 0. The lowest BCUT2D eigenvalue weighted by Crippen LogP contribution is -2.55. The summed E-state index contributed by atoms with van der Waals surface area (Å²) in [4.78, 5) is 48.4. The number of fused-ring (bicyclic) bond motifs is 1. The number of hydrogen-bond donors (Lipinski definition) is 3. The second kappa shape index (κ2) is 10.8. The molecule has 2 aliphatic rings. The molecule has 2 aliphatic heterocycles. The molecule has 39 heavy (non-hydrogen) atoms. The highest BCUT2D eigenvalue weighted by atomic mass is 32.1. The minimum Gasteiger partial charge on any atom is -0.508 e. The summed E-state index contributed by atoms with van der Waals surface area (Å²) in [5, 5.41) is 23.8. The van der Waals surface area contributed by atoms with E-state index in [9.17, 15) is 24.6 Å². The van der Waals surface area contributed by atoms with Gasteiger partial charge in [-0.05, 0) is 36.1 Å². The van der Waals surface area contributed by atoms with Crippen LogP contribution in [0, 0.1) is 12.8 Å². The summed E-state index contributed by atoms with van der Waals surface area (Å²) in [6, 6.07) is 10.9. The standard InChI is InChI=1S/C29H32N4O5S/c1-16(2)25(33-13-20-6-4-5-7-22(20)28(33)37)29(38)32-14-21(34)11-23(32)27(36)30-12-19-9-8-18(10-24(19)35)26-17(3)31-15-39-26/h4-10,15-16,21,23,25,34-35H,11-14H2,1-3H3,(H,30,36)/t21-,23+,25?/m1/s1. The Morgan fingerprint density at radius 2 is 1.97 bits per heavy atom. The zero-order chi connectivity index (χ0) is 27.8. The number of carbonyl (C=O) groups excluding carboxylic acids is 3. The number of benzene rings is 2. The molecule has 0 saturated carbocycles. The number of carbonyl (C=O) groups is 3. The van der Waals surface area contributed by atoms with Crippen molar-refractivity contribution in [1.29, 1.82) is 0 Å². The van der Waals surface area contributed by atoms with Crippen LogP contribution in [0.1, 0.15) is 47.4 Å². The molecule has 10 heteroatoms. The van der Waals surface area contributed by atoms with E-state index in [1.807, 2.05) is 39.0 Å². The van der Waals surface area contributed by atoms with Gasteiger partial charge in [-0.1, -0.05) is 44.2 Å². The average molecular weight is 549 g/mol. The van der Waals surface area contributed by atoms with Crippen molar-refractivity contribution >= 4 is 29.1 Å². The van der Waals surface area contributed by atoms with Crippen LogP contribution in [0.15, 0.2) is 48.0 Å². The summed E-state index contributed by atoms with van der Waals surface area (Å²) in [7, 11) is 0. The van der Waals surface area contributed by atoms with Crippen molar-refractivity contribution in [2.24, 2.45) is 5.92 Å². The Balaban J connectivity index is 1.29.